The average Bonchev–Trinajstić information content (AvgIpc) is 2.46. The van der Waals surface area contributed by atoms with Crippen LogP contribution in [0.2, 0.25) is 5.02 Å². The van der Waals surface area contributed by atoms with Gasteiger partial charge < -0.3 is 5.32 Å². The molecule has 1 amide bonds. The van der Waals surface area contributed by atoms with Crippen molar-refractivity contribution in [1.82, 2.24) is 20.3 Å². The summed E-state index contributed by atoms with van der Waals surface area (Å²) in [6, 6.07) is 1.90. The van der Waals surface area contributed by atoms with Gasteiger partial charge in [-0.05, 0) is 24.1 Å². The fraction of sp³-hybridized carbons (Fsp3) is 0.333. The average molecular weight is 305 g/mol. The molecule has 2 heterocycles. The van der Waals surface area contributed by atoms with E-state index in [1.54, 1.807) is 12.4 Å². The minimum atomic E-state index is -0.312. The van der Waals surface area contributed by atoms with Gasteiger partial charge in [0, 0.05) is 24.9 Å². The topological polar surface area (TPSA) is 67.8 Å². The summed E-state index contributed by atoms with van der Waals surface area (Å²) < 4.78 is 0. The first kappa shape index (κ1) is 15.4. The molecule has 2 aromatic heterocycles. The summed E-state index contributed by atoms with van der Waals surface area (Å²) in [6.07, 6.45) is 4.92. The standard InChI is InChI=1S/C15H17ClN4O/c1-9(2)14-18-8-12(16)13(20-14)15(21)19-7-11-6-17-5-4-10(11)3/h4-6,8-9H,7H2,1-3H3,(H,19,21). The molecule has 0 bridgehead atoms. The van der Waals surface area contributed by atoms with Crippen LogP contribution in [0.5, 0.6) is 0 Å². The fourth-order valence-corrected chi connectivity index (χ4v) is 1.94. The predicted molar refractivity (Wildman–Crippen MR) is 81.3 cm³/mol. The second kappa shape index (κ2) is 6.63. The monoisotopic (exact) mass is 304 g/mol. The molecule has 0 aromatic carbocycles. The molecule has 0 spiro atoms. The summed E-state index contributed by atoms with van der Waals surface area (Å²) in [6.45, 7) is 6.28. The highest BCUT2D eigenvalue weighted by molar-refractivity contribution is 6.33. The van der Waals surface area contributed by atoms with Crippen LogP contribution in [0.3, 0.4) is 0 Å². The molecule has 0 fully saturated rings. The normalized spacial score (nSPS) is 10.7. The molecule has 2 rings (SSSR count). The van der Waals surface area contributed by atoms with Crippen LogP contribution in [0.4, 0.5) is 0 Å². The van der Waals surface area contributed by atoms with E-state index in [1.807, 2.05) is 26.8 Å². The van der Waals surface area contributed by atoms with Crippen molar-refractivity contribution in [3.8, 4) is 0 Å². The Labute approximate surface area is 128 Å². The summed E-state index contributed by atoms with van der Waals surface area (Å²) in [5.74, 6) is 0.420. The van der Waals surface area contributed by atoms with Crippen molar-refractivity contribution >= 4 is 17.5 Å². The highest BCUT2D eigenvalue weighted by atomic mass is 35.5. The van der Waals surface area contributed by atoms with Gasteiger partial charge in [0.2, 0.25) is 0 Å². The van der Waals surface area contributed by atoms with E-state index in [2.05, 4.69) is 20.3 Å². The predicted octanol–water partition coefficient (Wildman–Crippen LogP) is 2.89. The lowest BCUT2D eigenvalue weighted by Crippen LogP contribution is -2.25. The minimum absolute atomic E-state index is 0.134. The van der Waals surface area contributed by atoms with Crippen molar-refractivity contribution in [2.24, 2.45) is 0 Å². The van der Waals surface area contributed by atoms with Crippen LogP contribution in [-0.2, 0) is 6.54 Å². The molecule has 110 valence electrons. The minimum Gasteiger partial charge on any atom is -0.347 e. The molecule has 0 saturated heterocycles. The van der Waals surface area contributed by atoms with Crippen molar-refractivity contribution in [3.05, 3.63) is 52.3 Å². The number of hydrogen-bond donors (Lipinski definition) is 1. The van der Waals surface area contributed by atoms with Gasteiger partial charge in [-0.2, -0.15) is 0 Å². The highest BCUT2D eigenvalue weighted by Crippen LogP contribution is 2.16. The lowest BCUT2D eigenvalue weighted by Gasteiger charge is -2.10. The van der Waals surface area contributed by atoms with Crippen LogP contribution in [0.25, 0.3) is 0 Å². The van der Waals surface area contributed by atoms with Crippen LogP contribution in [0.1, 0.15) is 47.2 Å². The van der Waals surface area contributed by atoms with Crippen LogP contribution in [0.15, 0.2) is 24.7 Å². The van der Waals surface area contributed by atoms with E-state index < -0.39 is 0 Å². The van der Waals surface area contributed by atoms with Gasteiger partial charge in [0.15, 0.2) is 0 Å². The molecule has 0 atom stereocenters. The molecule has 0 saturated carbocycles. The summed E-state index contributed by atoms with van der Waals surface area (Å²) in [5, 5.41) is 3.06. The zero-order valence-corrected chi connectivity index (χ0v) is 13.0. The van der Waals surface area contributed by atoms with Gasteiger partial charge in [-0.15, -0.1) is 0 Å². The van der Waals surface area contributed by atoms with Crippen LogP contribution in [-0.4, -0.2) is 20.9 Å². The maximum absolute atomic E-state index is 12.2. The second-order valence-corrected chi connectivity index (χ2v) is 5.47. The molecule has 2 aromatic rings. The molecule has 0 unspecified atom stereocenters. The first-order valence-electron chi connectivity index (χ1n) is 6.69. The Bertz CT molecular complexity index is 658. The Morgan fingerprint density at radius 3 is 2.81 bits per heavy atom. The first-order chi connectivity index (χ1) is 9.99. The van der Waals surface area contributed by atoms with Gasteiger partial charge in [-0.3, -0.25) is 9.78 Å². The van der Waals surface area contributed by atoms with E-state index in [0.29, 0.717) is 12.4 Å². The summed E-state index contributed by atoms with van der Waals surface area (Å²) in [5.41, 5.74) is 2.24. The number of aryl methyl sites for hydroxylation is 1. The Hall–Kier alpha value is -2.01. The van der Waals surface area contributed by atoms with Crippen molar-refractivity contribution < 1.29 is 4.79 Å². The molecule has 5 nitrogen and oxygen atoms in total. The van der Waals surface area contributed by atoms with Crippen molar-refractivity contribution in [3.63, 3.8) is 0 Å². The van der Waals surface area contributed by atoms with Crippen LogP contribution >= 0.6 is 11.6 Å². The molecule has 0 radical (unpaired) electrons. The number of amides is 1. The van der Waals surface area contributed by atoms with Crippen molar-refractivity contribution in [2.75, 3.05) is 0 Å². The summed E-state index contributed by atoms with van der Waals surface area (Å²) in [4.78, 5) is 24.6. The highest BCUT2D eigenvalue weighted by Gasteiger charge is 2.15. The zero-order valence-electron chi connectivity index (χ0n) is 12.2. The maximum atomic E-state index is 12.2. The van der Waals surface area contributed by atoms with E-state index in [9.17, 15) is 4.79 Å². The van der Waals surface area contributed by atoms with Gasteiger partial charge in [0.05, 0.1) is 11.2 Å². The number of halogens is 1. The van der Waals surface area contributed by atoms with Gasteiger partial charge in [0.1, 0.15) is 11.5 Å². The Morgan fingerprint density at radius 2 is 2.14 bits per heavy atom. The van der Waals surface area contributed by atoms with Gasteiger partial charge in [-0.1, -0.05) is 25.4 Å². The third-order valence-electron chi connectivity index (χ3n) is 3.08. The van der Waals surface area contributed by atoms with E-state index >= 15 is 0 Å². The maximum Gasteiger partial charge on any atom is 0.271 e. The molecule has 21 heavy (non-hydrogen) atoms. The summed E-state index contributed by atoms with van der Waals surface area (Å²) >= 11 is 6.01. The zero-order chi connectivity index (χ0) is 15.4. The number of hydrogen-bond acceptors (Lipinski definition) is 4. The van der Waals surface area contributed by atoms with Crippen molar-refractivity contribution in [1.29, 1.82) is 0 Å². The van der Waals surface area contributed by atoms with Gasteiger partial charge >= 0.3 is 0 Å². The smallest absolute Gasteiger partial charge is 0.271 e. The second-order valence-electron chi connectivity index (χ2n) is 5.06. The Morgan fingerprint density at radius 1 is 1.38 bits per heavy atom. The molecule has 0 aliphatic rings. The number of aromatic nitrogens is 3. The lowest BCUT2D eigenvalue weighted by atomic mass is 10.1. The third-order valence-corrected chi connectivity index (χ3v) is 3.36. The van der Waals surface area contributed by atoms with Gasteiger partial charge in [0.25, 0.3) is 5.91 Å². The van der Waals surface area contributed by atoms with Crippen molar-refractivity contribution in [2.45, 2.75) is 33.2 Å². The number of nitrogens with one attached hydrogen (secondary N) is 1. The number of rotatable bonds is 4. The number of carbonyl (C=O) groups excluding carboxylic acids is 1. The Kier molecular flexibility index (Phi) is 4.85. The summed E-state index contributed by atoms with van der Waals surface area (Å²) in [7, 11) is 0. The SMILES string of the molecule is Cc1ccncc1CNC(=O)c1nc(C(C)C)ncc1Cl. The molecule has 1 N–H and O–H groups in total. The Balaban J connectivity index is 2.14. The fourth-order valence-electron chi connectivity index (χ4n) is 1.76. The number of carbonyl (C=O) groups is 1. The molecule has 0 aliphatic carbocycles. The number of nitrogens with zero attached hydrogens (tertiary/aromatic N) is 3. The quantitative estimate of drug-likeness (QED) is 0.943. The van der Waals surface area contributed by atoms with E-state index in [0.717, 1.165) is 11.1 Å². The molecular formula is C15H17ClN4O. The molecule has 6 heteroatoms. The lowest BCUT2D eigenvalue weighted by molar-refractivity contribution is 0.0945. The number of pyridine rings is 1. The first-order valence-corrected chi connectivity index (χ1v) is 7.07. The van der Waals surface area contributed by atoms with Crippen LogP contribution in [0, 0.1) is 6.92 Å². The largest absolute Gasteiger partial charge is 0.347 e. The van der Waals surface area contributed by atoms with E-state index in [-0.39, 0.29) is 22.5 Å². The van der Waals surface area contributed by atoms with E-state index in [4.69, 9.17) is 11.6 Å². The van der Waals surface area contributed by atoms with E-state index in [1.165, 1.54) is 6.20 Å². The molecule has 0 aliphatic heterocycles. The van der Waals surface area contributed by atoms with Gasteiger partial charge in [-0.25, -0.2) is 9.97 Å². The van der Waals surface area contributed by atoms with Crippen LogP contribution < -0.4 is 5.32 Å². The molecular weight excluding hydrogens is 288 g/mol. The third kappa shape index (κ3) is 3.76.